The number of halogens is 1. The molecule has 0 radical (unpaired) electrons. The Morgan fingerprint density at radius 1 is 1.10 bits per heavy atom. The average Bonchev–Trinajstić information content (AvgIpc) is 2.51. The Balaban J connectivity index is 1.87. The fourth-order valence-electron chi connectivity index (χ4n) is 2.55. The van der Waals surface area contributed by atoms with E-state index in [0.29, 0.717) is 10.8 Å². The van der Waals surface area contributed by atoms with Gasteiger partial charge in [0.25, 0.3) is 0 Å². The highest BCUT2D eigenvalue weighted by Crippen LogP contribution is 2.28. The largest absolute Gasteiger partial charge is 0.382 e. The molecule has 3 rings (SSSR count). The number of aromatic nitrogens is 1. The van der Waals surface area contributed by atoms with Crippen LogP contribution in [0.3, 0.4) is 0 Å². The molecule has 0 spiro atoms. The summed E-state index contributed by atoms with van der Waals surface area (Å²) in [6.07, 6.45) is 1.77. The Morgan fingerprint density at radius 2 is 1.86 bits per heavy atom. The van der Waals surface area contributed by atoms with E-state index in [-0.39, 0.29) is 0 Å². The van der Waals surface area contributed by atoms with E-state index in [0.717, 1.165) is 37.3 Å². The number of benzene rings is 1. The van der Waals surface area contributed by atoms with E-state index >= 15 is 0 Å². The van der Waals surface area contributed by atoms with Crippen molar-refractivity contribution in [2.45, 2.75) is 0 Å². The molecule has 2 heterocycles. The van der Waals surface area contributed by atoms with Crippen LogP contribution in [0.4, 0.5) is 11.5 Å². The lowest BCUT2D eigenvalue weighted by Gasteiger charge is -2.34. The number of nitrogen functional groups attached to an aromatic ring is 1. The molecule has 0 unspecified atom stereocenters. The van der Waals surface area contributed by atoms with E-state index in [1.807, 2.05) is 6.07 Å². The van der Waals surface area contributed by atoms with Gasteiger partial charge in [-0.25, -0.2) is 4.98 Å². The molecule has 1 aliphatic heterocycles. The van der Waals surface area contributed by atoms with E-state index in [1.54, 1.807) is 6.20 Å². The maximum Gasteiger partial charge on any atom is 0.142 e. The van der Waals surface area contributed by atoms with Crippen molar-refractivity contribution in [3.05, 3.63) is 41.6 Å². The zero-order valence-electron chi connectivity index (χ0n) is 12.1. The van der Waals surface area contributed by atoms with Gasteiger partial charge in [-0.1, -0.05) is 23.7 Å². The molecule has 110 valence electrons. The van der Waals surface area contributed by atoms with Crippen molar-refractivity contribution in [1.29, 1.82) is 0 Å². The van der Waals surface area contributed by atoms with Crippen LogP contribution in [0.25, 0.3) is 11.1 Å². The van der Waals surface area contributed by atoms with Crippen LogP contribution >= 0.6 is 11.6 Å². The normalized spacial score (nSPS) is 16.2. The van der Waals surface area contributed by atoms with Crippen molar-refractivity contribution in [3.8, 4) is 11.1 Å². The average molecular weight is 303 g/mol. The molecule has 0 saturated carbocycles. The molecule has 2 aromatic rings. The number of nitrogens with zero attached hydrogens (tertiary/aromatic N) is 3. The number of nitrogens with two attached hydrogens (primary N) is 1. The van der Waals surface area contributed by atoms with E-state index in [1.165, 1.54) is 5.69 Å². The lowest BCUT2D eigenvalue weighted by molar-refractivity contribution is 0.313. The van der Waals surface area contributed by atoms with Gasteiger partial charge in [0, 0.05) is 43.6 Å². The molecule has 1 saturated heterocycles. The third kappa shape index (κ3) is 3.12. The summed E-state index contributed by atoms with van der Waals surface area (Å²) in [5.74, 6) is 0.371. The second-order valence-electron chi connectivity index (χ2n) is 5.43. The smallest absolute Gasteiger partial charge is 0.142 e. The fourth-order valence-corrected chi connectivity index (χ4v) is 2.72. The van der Waals surface area contributed by atoms with Gasteiger partial charge in [-0.3, -0.25) is 0 Å². The zero-order chi connectivity index (χ0) is 14.8. The van der Waals surface area contributed by atoms with Gasteiger partial charge in [-0.15, -0.1) is 0 Å². The summed E-state index contributed by atoms with van der Waals surface area (Å²) in [4.78, 5) is 8.90. The molecule has 1 fully saturated rings. The SMILES string of the molecule is CN1CCN(c2cccc(-c3cnc(N)c(Cl)c3)c2)CC1. The number of likely N-dealkylation sites (N-methyl/N-ethyl adjacent to an activating group) is 1. The van der Waals surface area contributed by atoms with Crippen LogP contribution in [0.15, 0.2) is 36.5 Å². The second-order valence-corrected chi connectivity index (χ2v) is 5.84. The van der Waals surface area contributed by atoms with Crippen molar-refractivity contribution in [1.82, 2.24) is 9.88 Å². The van der Waals surface area contributed by atoms with Crippen LogP contribution < -0.4 is 10.6 Å². The van der Waals surface area contributed by atoms with Gasteiger partial charge >= 0.3 is 0 Å². The molecule has 1 aromatic carbocycles. The number of piperazine rings is 1. The predicted molar refractivity (Wildman–Crippen MR) is 88.8 cm³/mol. The summed E-state index contributed by atoms with van der Waals surface area (Å²) in [6, 6.07) is 10.4. The highest BCUT2D eigenvalue weighted by molar-refractivity contribution is 6.33. The second kappa shape index (κ2) is 5.92. The molecular formula is C16H19ClN4. The Hall–Kier alpha value is -1.78. The molecule has 0 atom stereocenters. The quantitative estimate of drug-likeness (QED) is 0.926. The van der Waals surface area contributed by atoms with Crippen molar-refractivity contribution >= 4 is 23.1 Å². The zero-order valence-corrected chi connectivity index (χ0v) is 12.8. The third-order valence-corrected chi connectivity index (χ3v) is 4.22. The standard InChI is InChI=1S/C16H19ClN4/c1-20-5-7-21(8-6-20)14-4-2-3-12(9-14)13-10-15(17)16(18)19-11-13/h2-4,9-11H,5-8H2,1H3,(H2,18,19). The Labute approximate surface area is 130 Å². The highest BCUT2D eigenvalue weighted by atomic mass is 35.5. The lowest BCUT2D eigenvalue weighted by Crippen LogP contribution is -2.44. The third-order valence-electron chi connectivity index (χ3n) is 3.92. The molecule has 1 aliphatic rings. The van der Waals surface area contributed by atoms with Crippen LogP contribution in [0.5, 0.6) is 0 Å². The summed E-state index contributed by atoms with van der Waals surface area (Å²) in [7, 11) is 2.16. The maximum atomic E-state index is 6.06. The molecule has 0 bridgehead atoms. The first-order valence-corrected chi connectivity index (χ1v) is 7.46. The molecule has 21 heavy (non-hydrogen) atoms. The van der Waals surface area contributed by atoms with Gasteiger partial charge in [0.05, 0.1) is 5.02 Å². The summed E-state index contributed by atoms with van der Waals surface area (Å²) >= 11 is 6.06. The minimum absolute atomic E-state index is 0.371. The molecule has 0 aliphatic carbocycles. The minimum atomic E-state index is 0.371. The Morgan fingerprint density at radius 3 is 2.57 bits per heavy atom. The monoisotopic (exact) mass is 302 g/mol. The highest BCUT2D eigenvalue weighted by Gasteiger charge is 2.14. The predicted octanol–water partition coefficient (Wildman–Crippen LogP) is 2.74. The molecule has 4 nitrogen and oxygen atoms in total. The van der Waals surface area contributed by atoms with Crippen molar-refractivity contribution in [3.63, 3.8) is 0 Å². The van der Waals surface area contributed by atoms with Gasteiger partial charge in [-0.2, -0.15) is 0 Å². The van der Waals surface area contributed by atoms with Gasteiger partial charge in [0.1, 0.15) is 5.82 Å². The van der Waals surface area contributed by atoms with Crippen LogP contribution in [-0.4, -0.2) is 43.1 Å². The molecule has 5 heteroatoms. The van der Waals surface area contributed by atoms with Gasteiger partial charge in [0.2, 0.25) is 0 Å². The first-order chi connectivity index (χ1) is 10.1. The summed E-state index contributed by atoms with van der Waals surface area (Å²) in [5, 5.41) is 0.498. The summed E-state index contributed by atoms with van der Waals surface area (Å²) in [5.41, 5.74) is 9.02. The van der Waals surface area contributed by atoms with Crippen LogP contribution in [-0.2, 0) is 0 Å². The van der Waals surface area contributed by atoms with Crippen molar-refractivity contribution < 1.29 is 0 Å². The topological polar surface area (TPSA) is 45.4 Å². The van der Waals surface area contributed by atoms with Crippen LogP contribution in [0.2, 0.25) is 5.02 Å². The van der Waals surface area contributed by atoms with E-state index < -0.39 is 0 Å². The first kappa shape index (κ1) is 14.2. The summed E-state index contributed by atoms with van der Waals surface area (Å²) < 4.78 is 0. The number of hydrogen-bond donors (Lipinski definition) is 1. The summed E-state index contributed by atoms with van der Waals surface area (Å²) in [6.45, 7) is 4.31. The fraction of sp³-hybridized carbons (Fsp3) is 0.312. The van der Waals surface area contributed by atoms with Gasteiger partial charge in [-0.05, 0) is 30.8 Å². The Bertz CT molecular complexity index is 636. The number of anilines is 2. The van der Waals surface area contributed by atoms with Crippen LogP contribution in [0.1, 0.15) is 0 Å². The molecule has 2 N–H and O–H groups in total. The molecule has 0 amide bonds. The lowest BCUT2D eigenvalue weighted by atomic mass is 10.1. The van der Waals surface area contributed by atoms with Gasteiger partial charge < -0.3 is 15.5 Å². The number of hydrogen-bond acceptors (Lipinski definition) is 4. The molecular weight excluding hydrogens is 284 g/mol. The maximum absolute atomic E-state index is 6.06. The van der Waals surface area contributed by atoms with Gasteiger partial charge in [0.15, 0.2) is 0 Å². The molecule has 1 aromatic heterocycles. The number of pyridine rings is 1. The number of rotatable bonds is 2. The van der Waals surface area contributed by atoms with E-state index in [2.05, 4.69) is 46.1 Å². The Kier molecular flexibility index (Phi) is 3.99. The minimum Gasteiger partial charge on any atom is -0.382 e. The van der Waals surface area contributed by atoms with E-state index in [9.17, 15) is 0 Å². The van der Waals surface area contributed by atoms with Crippen molar-refractivity contribution in [2.75, 3.05) is 43.9 Å². The van der Waals surface area contributed by atoms with E-state index in [4.69, 9.17) is 17.3 Å². The van der Waals surface area contributed by atoms with Crippen molar-refractivity contribution in [2.24, 2.45) is 0 Å². The van der Waals surface area contributed by atoms with Crippen LogP contribution in [0, 0.1) is 0 Å². The first-order valence-electron chi connectivity index (χ1n) is 7.08.